The topological polar surface area (TPSA) is 25.2 Å². The van der Waals surface area contributed by atoms with Crippen molar-refractivity contribution in [3.63, 3.8) is 0 Å². The summed E-state index contributed by atoms with van der Waals surface area (Å²) in [6, 6.07) is 6.98. The van der Waals surface area contributed by atoms with E-state index in [0.717, 1.165) is 37.1 Å². The molecule has 0 radical (unpaired) electrons. The summed E-state index contributed by atoms with van der Waals surface area (Å²) >= 11 is 0. The average Bonchev–Trinajstić information content (AvgIpc) is 2.80. The second kappa shape index (κ2) is 6.01. The van der Waals surface area contributed by atoms with Crippen LogP contribution in [0.2, 0.25) is 0 Å². The SMILES string of the molecule is CCCNCCC(C)c1cc2cccc(F)c2o1. The number of hydrogen-bond donors (Lipinski definition) is 1. The molecular weight excluding hydrogens is 229 g/mol. The first-order valence-corrected chi connectivity index (χ1v) is 6.61. The van der Waals surface area contributed by atoms with Crippen molar-refractivity contribution in [2.45, 2.75) is 32.6 Å². The molecule has 0 aliphatic carbocycles. The molecule has 1 aromatic carbocycles. The van der Waals surface area contributed by atoms with Crippen LogP contribution in [-0.4, -0.2) is 13.1 Å². The minimum Gasteiger partial charge on any atom is -0.458 e. The van der Waals surface area contributed by atoms with E-state index >= 15 is 0 Å². The second-order valence-corrected chi connectivity index (χ2v) is 4.75. The third-order valence-corrected chi connectivity index (χ3v) is 3.18. The van der Waals surface area contributed by atoms with Crippen molar-refractivity contribution < 1.29 is 8.81 Å². The molecule has 0 saturated carbocycles. The van der Waals surface area contributed by atoms with Gasteiger partial charge in [-0.1, -0.05) is 26.0 Å². The number of furan rings is 1. The molecule has 0 aliphatic heterocycles. The Balaban J connectivity index is 2.04. The molecule has 2 aromatic rings. The van der Waals surface area contributed by atoms with Crippen molar-refractivity contribution in [3.05, 3.63) is 35.8 Å². The van der Waals surface area contributed by atoms with Gasteiger partial charge in [-0.3, -0.25) is 0 Å². The largest absolute Gasteiger partial charge is 0.458 e. The highest BCUT2D eigenvalue weighted by Gasteiger charge is 2.13. The first-order valence-electron chi connectivity index (χ1n) is 6.61. The van der Waals surface area contributed by atoms with Gasteiger partial charge in [0, 0.05) is 11.3 Å². The van der Waals surface area contributed by atoms with Gasteiger partial charge in [-0.25, -0.2) is 4.39 Å². The van der Waals surface area contributed by atoms with Crippen molar-refractivity contribution in [1.82, 2.24) is 5.32 Å². The van der Waals surface area contributed by atoms with Gasteiger partial charge in [-0.15, -0.1) is 0 Å². The van der Waals surface area contributed by atoms with Crippen LogP contribution in [0.5, 0.6) is 0 Å². The summed E-state index contributed by atoms with van der Waals surface area (Å²) in [5.74, 6) is 0.893. The van der Waals surface area contributed by atoms with Gasteiger partial charge in [0.05, 0.1) is 0 Å². The molecule has 0 fully saturated rings. The molecule has 0 spiro atoms. The summed E-state index contributed by atoms with van der Waals surface area (Å²) in [4.78, 5) is 0. The maximum absolute atomic E-state index is 13.5. The number of hydrogen-bond acceptors (Lipinski definition) is 2. The number of nitrogens with one attached hydrogen (secondary N) is 1. The van der Waals surface area contributed by atoms with Crippen LogP contribution in [0.4, 0.5) is 4.39 Å². The van der Waals surface area contributed by atoms with E-state index in [1.165, 1.54) is 6.07 Å². The van der Waals surface area contributed by atoms with E-state index < -0.39 is 0 Å². The van der Waals surface area contributed by atoms with Gasteiger partial charge < -0.3 is 9.73 Å². The number of halogens is 1. The van der Waals surface area contributed by atoms with Gasteiger partial charge in [0.2, 0.25) is 0 Å². The maximum Gasteiger partial charge on any atom is 0.169 e. The smallest absolute Gasteiger partial charge is 0.169 e. The number of para-hydroxylation sites is 1. The summed E-state index contributed by atoms with van der Waals surface area (Å²) in [5.41, 5.74) is 0.376. The fraction of sp³-hybridized carbons (Fsp3) is 0.467. The van der Waals surface area contributed by atoms with Gasteiger partial charge in [0.15, 0.2) is 11.4 Å². The summed E-state index contributed by atoms with van der Waals surface area (Å²) < 4.78 is 19.1. The van der Waals surface area contributed by atoms with E-state index in [-0.39, 0.29) is 5.82 Å². The van der Waals surface area contributed by atoms with E-state index in [1.54, 1.807) is 6.07 Å². The van der Waals surface area contributed by atoms with Gasteiger partial charge >= 0.3 is 0 Å². The van der Waals surface area contributed by atoms with Crippen LogP contribution in [0.1, 0.15) is 38.4 Å². The molecule has 1 unspecified atom stereocenters. The molecule has 1 atom stereocenters. The van der Waals surface area contributed by atoms with Crippen LogP contribution < -0.4 is 5.32 Å². The van der Waals surface area contributed by atoms with Crippen LogP contribution in [0.3, 0.4) is 0 Å². The highest BCUT2D eigenvalue weighted by molar-refractivity contribution is 5.78. The number of rotatable bonds is 6. The molecule has 1 N–H and O–H groups in total. The molecule has 0 aliphatic rings. The number of fused-ring (bicyclic) bond motifs is 1. The molecular formula is C15H20FNO. The first kappa shape index (κ1) is 13.1. The fourth-order valence-electron chi connectivity index (χ4n) is 2.05. The lowest BCUT2D eigenvalue weighted by Gasteiger charge is -2.08. The molecule has 3 heteroatoms. The zero-order chi connectivity index (χ0) is 13.0. The minimum atomic E-state index is -0.282. The Morgan fingerprint density at radius 2 is 2.17 bits per heavy atom. The predicted molar refractivity (Wildman–Crippen MR) is 72.4 cm³/mol. The zero-order valence-corrected chi connectivity index (χ0v) is 11.0. The van der Waals surface area contributed by atoms with Crippen molar-refractivity contribution in [3.8, 4) is 0 Å². The quantitative estimate of drug-likeness (QED) is 0.781. The summed E-state index contributed by atoms with van der Waals surface area (Å²) in [5, 5.41) is 4.21. The minimum absolute atomic E-state index is 0.282. The molecule has 0 bridgehead atoms. The maximum atomic E-state index is 13.5. The first-order chi connectivity index (χ1) is 8.72. The van der Waals surface area contributed by atoms with E-state index in [2.05, 4.69) is 19.2 Å². The van der Waals surface area contributed by atoms with Gasteiger partial charge in [0.1, 0.15) is 5.76 Å². The standard InChI is InChI=1S/C15H20FNO/c1-3-8-17-9-7-11(2)14-10-12-5-4-6-13(16)15(12)18-14/h4-6,10-11,17H,3,7-9H2,1-2H3. The highest BCUT2D eigenvalue weighted by atomic mass is 19.1. The fourth-order valence-corrected chi connectivity index (χ4v) is 2.05. The summed E-state index contributed by atoms with van der Waals surface area (Å²) in [6.45, 7) is 6.28. The normalized spacial score (nSPS) is 13.1. The lowest BCUT2D eigenvalue weighted by atomic mass is 10.0. The lowest BCUT2D eigenvalue weighted by Crippen LogP contribution is -2.17. The van der Waals surface area contributed by atoms with Gasteiger partial charge in [-0.05, 0) is 38.1 Å². The second-order valence-electron chi connectivity index (χ2n) is 4.75. The highest BCUT2D eigenvalue weighted by Crippen LogP contribution is 2.28. The molecule has 0 amide bonds. The Bertz CT molecular complexity index is 506. The third-order valence-electron chi connectivity index (χ3n) is 3.18. The summed E-state index contributed by atoms with van der Waals surface area (Å²) in [6.07, 6.45) is 2.14. The van der Waals surface area contributed by atoms with Crippen molar-refractivity contribution in [2.24, 2.45) is 0 Å². The Morgan fingerprint density at radius 1 is 1.33 bits per heavy atom. The zero-order valence-electron chi connectivity index (χ0n) is 11.0. The van der Waals surface area contributed by atoms with Crippen LogP contribution in [0, 0.1) is 5.82 Å². The Kier molecular flexibility index (Phi) is 4.37. The molecule has 98 valence electrons. The Morgan fingerprint density at radius 3 is 2.89 bits per heavy atom. The van der Waals surface area contributed by atoms with Crippen molar-refractivity contribution >= 4 is 11.0 Å². The lowest BCUT2D eigenvalue weighted by molar-refractivity contribution is 0.466. The van der Waals surface area contributed by atoms with Crippen LogP contribution in [-0.2, 0) is 0 Å². The van der Waals surface area contributed by atoms with Gasteiger partial charge in [0.25, 0.3) is 0 Å². The predicted octanol–water partition coefficient (Wildman–Crippen LogP) is 4.07. The van der Waals surface area contributed by atoms with Crippen LogP contribution >= 0.6 is 0 Å². The number of benzene rings is 1. The molecule has 1 aromatic heterocycles. The average molecular weight is 249 g/mol. The monoisotopic (exact) mass is 249 g/mol. The van der Waals surface area contributed by atoms with E-state index in [9.17, 15) is 4.39 Å². The molecule has 1 heterocycles. The summed E-state index contributed by atoms with van der Waals surface area (Å²) in [7, 11) is 0. The molecule has 2 nitrogen and oxygen atoms in total. The van der Waals surface area contributed by atoms with Gasteiger partial charge in [-0.2, -0.15) is 0 Å². The van der Waals surface area contributed by atoms with E-state index in [4.69, 9.17) is 4.42 Å². The van der Waals surface area contributed by atoms with Crippen LogP contribution in [0.25, 0.3) is 11.0 Å². The molecule has 2 rings (SSSR count). The van der Waals surface area contributed by atoms with Crippen molar-refractivity contribution in [1.29, 1.82) is 0 Å². The van der Waals surface area contributed by atoms with E-state index in [0.29, 0.717) is 11.5 Å². The Labute approximate surface area is 107 Å². The Hall–Kier alpha value is -1.35. The third kappa shape index (κ3) is 2.91. The van der Waals surface area contributed by atoms with Crippen molar-refractivity contribution in [2.75, 3.05) is 13.1 Å². The molecule has 18 heavy (non-hydrogen) atoms. The van der Waals surface area contributed by atoms with Crippen LogP contribution in [0.15, 0.2) is 28.7 Å². The molecule has 0 saturated heterocycles. The van der Waals surface area contributed by atoms with E-state index in [1.807, 2.05) is 12.1 Å².